The summed E-state index contributed by atoms with van der Waals surface area (Å²) in [5.74, 6) is 0.663. The van der Waals surface area contributed by atoms with Crippen molar-refractivity contribution in [3.05, 3.63) is 0 Å². The Bertz CT molecular complexity index is 187. The minimum absolute atomic E-state index is 0. The number of hydrogen-bond acceptors (Lipinski definition) is 2. The molecular formula is C10H19ClN2O. The summed E-state index contributed by atoms with van der Waals surface area (Å²) in [6, 6.07) is 0. The summed E-state index contributed by atoms with van der Waals surface area (Å²) in [5, 5.41) is 3.29. The highest BCUT2D eigenvalue weighted by Gasteiger charge is 2.27. The van der Waals surface area contributed by atoms with Crippen LogP contribution in [0.1, 0.15) is 25.7 Å². The van der Waals surface area contributed by atoms with Crippen LogP contribution < -0.4 is 5.32 Å². The van der Waals surface area contributed by atoms with Crippen molar-refractivity contribution < 1.29 is 4.79 Å². The van der Waals surface area contributed by atoms with Gasteiger partial charge in [-0.2, -0.15) is 0 Å². The van der Waals surface area contributed by atoms with E-state index < -0.39 is 0 Å². The lowest BCUT2D eigenvalue weighted by molar-refractivity contribution is -0.134. The van der Waals surface area contributed by atoms with E-state index in [0.717, 1.165) is 39.0 Å². The van der Waals surface area contributed by atoms with Gasteiger partial charge >= 0.3 is 0 Å². The van der Waals surface area contributed by atoms with Gasteiger partial charge in [-0.15, -0.1) is 12.4 Å². The second-order valence-corrected chi connectivity index (χ2v) is 4.08. The molecule has 2 heterocycles. The molecule has 0 aromatic carbocycles. The summed E-state index contributed by atoms with van der Waals surface area (Å²) in [4.78, 5) is 13.9. The van der Waals surface area contributed by atoms with Crippen LogP contribution in [0.4, 0.5) is 0 Å². The Labute approximate surface area is 91.6 Å². The molecule has 14 heavy (non-hydrogen) atoms. The molecule has 0 bridgehead atoms. The first kappa shape index (κ1) is 11.8. The summed E-state index contributed by atoms with van der Waals surface area (Å²) < 4.78 is 0. The molecule has 2 rings (SSSR count). The van der Waals surface area contributed by atoms with Gasteiger partial charge in [-0.05, 0) is 32.2 Å². The third-order valence-electron chi connectivity index (χ3n) is 3.06. The van der Waals surface area contributed by atoms with E-state index >= 15 is 0 Å². The first-order valence-electron chi connectivity index (χ1n) is 5.37. The molecule has 0 radical (unpaired) electrons. The SMILES string of the molecule is Cl.O=C(C1CCCNC1)N1CCCC1. The lowest BCUT2D eigenvalue weighted by Gasteiger charge is -2.26. The van der Waals surface area contributed by atoms with Crippen LogP contribution in [-0.2, 0) is 4.79 Å². The Morgan fingerprint density at radius 1 is 1.21 bits per heavy atom. The summed E-state index contributed by atoms with van der Waals surface area (Å²) in [5.41, 5.74) is 0. The molecule has 3 nitrogen and oxygen atoms in total. The number of rotatable bonds is 1. The second-order valence-electron chi connectivity index (χ2n) is 4.08. The van der Waals surface area contributed by atoms with Gasteiger partial charge in [0.1, 0.15) is 0 Å². The fourth-order valence-electron chi connectivity index (χ4n) is 2.26. The fraction of sp³-hybridized carbons (Fsp3) is 0.900. The van der Waals surface area contributed by atoms with E-state index in [1.54, 1.807) is 0 Å². The second kappa shape index (κ2) is 5.56. The average Bonchev–Trinajstić information content (AvgIpc) is 2.71. The van der Waals surface area contributed by atoms with E-state index in [1.165, 1.54) is 12.8 Å². The van der Waals surface area contributed by atoms with E-state index in [-0.39, 0.29) is 18.3 Å². The van der Waals surface area contributed by atoms with Gasteiger partial charge in [0, 0.05) is 19.6 Å². The van der Waals surface area contributed by atoms with Crippen LogP contribution in [0.2, 0.25) is 0 Å². The molecule has 0 aromatic heterocycles. The monoisotopic (exact) mass is 218 g/mol. The van der Waals surface area contributed by atoms with Crippen molar-refractivity contribution in [2.45, 2.75) is 25.7 Å². The first-order valence-corrected chi connectivity index (χ1v) is 5.37. The van der Waals surface area contributed by atoms with E-state index in [4.69, 9.17) is 0 Å². The summed E-state index contributed by atoms with van der Waals surface area (Å²) >= 11 is 0. The Kier molecular flexibility index (Phi) is 4.69. The van der Waals surface area contributed by atoms with Crippen molar-refractivity contribution in [2.75, 3.05) is 26.2 Å². The molecular weight excluding hydrogens is 200 g/mol. The lowest BCUT2D eigenvalue weighted by Crippen LogP contribution is -2.41. The van der Waals surface area contributed by atoms with E-state index in [9.17, 15) is 4.79 Å². The Morgan fingerprint density at radius 3 is 2.50 bits per heavy atom. The zero-order valence-corrected chi connectivity index (χ0v) is 9.31. The standard InChI is InChI=1S/C10H18N2O.ClH/c13-10(12-6-1-2-7-12)9-4-3-5-11-8-9;/h9,11H,1-8H2;1H. The minimum Gasteiger partial charge on any atom is -0.342 e. The van der Waals surface area contributed by atoms with Crippen molar-refractivity contribution in [2.24, 2.45) is 5.92 Å². The zero-order valence-electron chi connectivity index (χ0n) is 8.50. The number of hydrogen-bond donors (Lipinski definition) is 1. The molecule has 1 amide bonds. The number of halogens is 1. The average molecular weight is 219 g/mol. The third-order valence-corrected chi connectivity index (χ3v) is 3.06. The Hall–Kier alpha value is -0.280. The molecule has 1 unspecified atom stereocenters. The van der Waals surface area contributed by atoms with Gasteiger partial charge in [0.15, 0.2) is 0 Å². The lowest BCUT2D eigenvalue weighted by atomic mass is 9.98. The number of carbonyl (C=O) groups excluding carboxylic acids is 1. The van der Waals surface area contributed by atoms with Crippen molar-refractivity contribution in [3.8, 4) is 0 Å². The van der Waals surface area contributed by atoms with Gasteiger partial charge in [0.05, 0.1) is 5.92 Å². The van der Waals surface area contributed by atoms with E-state index in [1.807, 2.05) is 4.90 Å². The molecule has 2 aliphatic rings. The van der Waals surface area contributed by atoms with Gasteiger partial charge in [-0.1, -0.05) is 0 Å². The van der Waals surface area contributed by atoms with Crippen LogP contribution in [0.3, 0.4) is 0 Å². The maximum Gasteiger partial charge on any atom is 0.226 e. The number of likely N-dealkylation sites (tertiary alicyclic amines) is 1. The van der Waals surface area contributed by atoms with Crippen LogP contribution >= 0.6 is 12.4 Å². The van der Waals surface area contributed by atoms with Crippen molar-refractivity contribution in [1.29, 1.82) is 0 Å². The number of nitrogens with zero attached hydrogens (tertiary/aromatic N) is 1. The molecule has 1 N–H and O–H groups in total. The zero-order chi connectivity index (χ0) is 9.10. The van der Waals surface area contributed by atoms with Crippen LogP contribution in [0, 0.1) is 5.92 Å². The predicted molar refractivity (Wildman–Crippen MR) is 58.7 cm³/mol. The maximum absolute atomic E-state index is 11.9. The third kappa shape index (κ3) is 2.61. The highest BCUT2D eigenvalue weighted by molar-refractivity contribution is 5.85. The van der Waals surface area contributed by atoms with Crippen LogP contribution in [-0.4, -0.2) is 37.0 Å². The van der Waals surface area contributed by atoms with Gasteiger partial charge in [0.25, 0.3) is 0 Å². The molecule has 2 saturated heterocycles. The number of piperidine rings is 1. The topological polar surface area (TPSA) is 32.3 Å². The van der Waals surface area contributed by atoms with Gasteiger partial charge in [0.2, 0.25) is 5.91 Å². The first-order chi connectivity index (χ1) is 6.38. The molecule has 82 valence electrons. The summed E-state index contributed by atoms with van der Waals surface area (Å²) in [6.07, 6.45) is 4.64. The van der Waals surface area contributed by atoms with Crippen molar-refractivity contribution in [3.63, 3.8) is 0 Å². The smallest absolute Gasteiger partial charge is 0.226 e. The molecule has 4 heteroatoms. The van der Waals surface area contributed by atoms with E-state index in [2.05, 4.69) is 5.32 Å². The summed E-state index contributed by atoms with van der Waals surface area (Å²) in [7, 11) is 0. The molecule has 2 fully saturated rings. The highest BCUT2D eigenvalue weighted by Crippen LogP contribution is 2.17. The molecule has 0 aromatic rings. The fourth-order valence-corrected chi connectivity index (χ4v) is 2.26. The Morgan fingerprint density at radius 2 is 1.93 bits per heavy atom. The number of nitrogens with one attached hydrogen (secondary N) is 1. The van der Waals surface area contributed by atoms with Crippen LogP contribution in [0.15, 0.2) is 0 Å². The highest BCUT2D eigenvalue weighted by atomic mass is 35.5. The van der Waals surface area contributed by atoms with Crippen molar-refractivity contribution >= 4 is 18.3 Å². The quantitative estimate of drug-likeness (QED) is 0.713. The molecule has 0 spiro atoms. The number of amides is 1. The largest absolute Gasteiger partial charge is 0.342 e. The van der Waals surface area contributed by atoms with Crippen molar-refractivity contribution in [1.82, 2.24) is 10.2 Å². The number of carbonyl (C=O) groups is 1. The van der Waals surface area contributed by atoms with Crippen LogP contribution in [0.5, 0.6) is 0 Å². The van der Waals surface area contributed by atoms with Gasteiger partial charge in [-0.3, -0.25) is 4.79 Å². The summed E-state index contributed by atoms with van der Waals surface area (Å²) in [6.45, 7) is 3.98. The van der Waals surface area contributed by atoms with E-state index in [0.29, 0.717) is 5.91 Å². The van der Waals surface area contributed by atoms with Gasteiger partial charge in [-0.25, -0.2) is 0 Å². The normalized spacial score (nSPS) is 27.1. The van der Waals surface area contributed by atoms with Crippen LogP contribution in [0.25, 0.3) is 0 Å². The Balaban J connectivity index is 0.000000980. The molecule has 0 saturated carbocycles. The molecule has 2 aliphatic heterocycles. The van der Waals surface area contributed by atoms with Gasteiger partial charge < -0.3 is 10.2 Å². The minimum atomic E-state index is 0. The molecule has 0 aliphatic carbocycles. The maximum atomic E-state index is 11.9. The predicted octanol–water partition coefficient (Wildman–Crippen LogP) is 1.03. The molecule has 1 atom stereocenters.